The molecule has 1 saturated heterocycles. The summed E-state index contributed by atoms with van der Waals surface area (Å²) >= 11 is 0. The molecule has 2 aliphatic heterocycles. The van der Waals surface area contributed by atoms with E-state index in [4.69, 9.17) is 4.74 Å². The summed E-state index contributed by atoms with van der Waals surface area (Å²) < 4.78 is 7.36. The Hall–Kier alpha value is -1.43. The number of aliphatic carboxylic acids is 1. The van der Waals surface area contributed by atoms with E-state index in [2.05, 4.69) is 10.2 Å². The fraction of sp³-hybridized carbons (Fsp3) is 0.750. The molecule has 6 heteroatoms. The van der Waals surface area contributed by atoms with Crippen LogP contribution in [0.5, 0.6) is 0 Å². The second-order valence-corrected chi connectivity index (χ2v) is 5.09. The first kappa shape index (κ1) is 11.6. The molecule has 0 saturated carbocycles. The zero-order valence-corrected chi connectivity index (χ0v) is 10.2. The quantitative estimate of drug-likeness (QED) is 0.860. The molecule has 1 fully saturated rings. The number of hydrogen-bond donors (Lipinski definition) is 1. The van der Waals surface area contributed by atoms with Crippen LogP contribution in [0, 0.1) is 5.92 Å². The molecule has 1 aromatic rings. The largest absolute Gasteiger partial charge is 0.481 e. The molecule has 0 bridgehead atoms. The second-order valence-electron chi connectivity index (χ2n) is 5.09. The highest BCUT2D eigenvalue weighted by Gasteiger charge is 2.31. The fourth-order valence-corrected chi connectivity index (χ4v) is 2.82. The molecule has 18 heavy (non-hydrogen) atoms. The van der Waals surface area contributed by atoms with Crippen LogP contribution >= 0.6 is 0 Å². The molecule has 3 heterocycles. The van der Waals surface area contributed by atoms with Crippen molar-refractivity contribution in [2.24, 2.45) is 5.92 Å². The molecule has 6 nitrogen and oxygen atoms in total. The Bertz CT molecular complexity index is 451. The summed E-state index contributed by atoms with van der Waals surface area (Å²) in [6.07, 6.45) is 3.46. The highest BCUT2D eigenvalue weighted by molar-refractivity contribution is 5.75. The van der Waals surface area contributed by atoms with Crippen molar-refractivity contribution in [1.82, 2.24) is 14.8 Å². The van der Waals surface area contributed by atoms with Gasteiger partial charge < -0.3 is 14.4 Å². The SMILES string of the molecule is O=C(O)C1CCCn2c(CC3CCOC3)nnc21. The highest BCUT2D eigenvalue weighted by atomic mass is 16.5. The molecular weight excluding hydrogens is 234 g/mol. The minimum absolute atomic E-state index is 0.486. The van der Waals surface area contributed by atoms with Crippen molar-refractivity contribution in [3.8, 4) is 0 Å². The van der Waals surface area contributed by atoms with E-state index in [9.17, 15) is 9.90 Å². The highest BCUT2D eigenvalue weighted by Crippen LogP contribution is 2.28. The van der Waals surface area contributed by atoms with Gasteiger partial charge in [-0.05, 0) is 25.2 Å². The van der Waals surface area contributed by atoms with Crippen molar-refractivity contribution in [3.63, 3.8) is 0 Å². The molecule has 0 aromatic carbocycles. The topological polar surface area (TPSA) is 77.2 Å². The van der Waals surface area contributed by atoms with Crippen LogP contribution in [-0.4, -0.2) is 39.1 Å². The van der Waals surface area contributed by atoms with E-state index in [0.717, 1.165) is 44.8 Å². The smallest absolute Gasteiger partial charge is 0.314 e. The molecule has 0 amide bonds. The molecule has 98 valence electrons. The van der Waals surface area contributed by atoms with Crippen molar-refractivity contribution < 1.29 is 14.6 Å². The van der Waals surface area contributed by atoms with Gasteiger partial charge in [-0.15, -0.1) is 10.2 Å². The summed E-state index contributed by atoms with van der Waals surface area (Å²) in [5.74, 6) is 0.775. The molecule has 0 spiro atoms. The minimum atomic E-state index is -0.793. The number of fused-ring (bicyclic) bond motifs is 1. The number of carboxylic acids is 1. The lowest BCUT2D eigenvalue weighted by molar-refractivity contribution is -0.139. The van der Waals surface area contributed by atoms with E-state index < -0.39 is 11.9 Å². The maximum absolute atomic E-state index is 11.2. The van der Waals surface area contributed by atoms with E-state index in [1.807, 2.05) is 4.57 Å². The monoisotopic (exact) mass is 251 g/mol. The van der Waals surface area contributed by atoms with Gasteiger partial charge in [0.25, 0.3) is 0 Å². The van der Waals surface area contributed by atoms with Crippen molar-refractivity contribution in [2.75, 3.05) is 13.2 Å². The zero-order chi connectivity index (χ0) is 12.5. The molecule has 1 aromatic heterocycles. The van der Waals surface area contributed by atoms with E-state index >= 15 is 0 Å². The van der Waals surface area contributed by atoms with Crippen LogP contribution in [0.1, 0.15) is 36.8 Å². The van der Waals surface area contributed by atoms with E-state index in [1.165, 1.54) is 0 Å². The first-order valence-electron chi connectivity index (χ1n) is 6.48. The number of carboxylic acid groups (broad SMARTS) is 1. The Labute approximate surface area is 105 Å². The normalized spacial score (nSPS) is 27.1. The Morgan fingerprint density at radius 2 is 2.33 bits per heavy atom. The number of aromatic nitrogens is 3. The predicted octanol–water partition coefficient (Wildman–Crippen LogP) is 0.819. The average molecular weight is 251 g/mol. The Balaban J connectivity index is 1.82. The van der Waals surface area contributed by atoms with Gasteiger partial charge in [0.05, 0.1) is 0 Å². The van der Waals surface area contributed by atoms with Crippen LogP contribution in [0.25, 0.3) is 0 Å². The molecule has 3 rings (SSSR count). The maximum Gasteiger partial charge on any atom is 0.314 e. The molecule has 0 aliphatic carbocycles. The summed E-state index contributed by atoms with van der Waals surface area (Å²) in [7, 11) is 0. The van der Waals surface area contributed by atoms with Gasteiger partial charge >= 0.3 is 5.97 Å². The number of carbonyl (C=O) groups is 1. The van der Waals surface area contributed by atoms with Gasteiger partial charge in [0.15, 0.2) is 0 Å². The minimum Gasteiger partial charge on any atom is -0.481 e. The Morgan fingerprint density at radius 1 is 1.44 bits per heavy atom. The summed E-state index contributed by atoms with van der Waals surface area (Å²) in [5, 5.41) is 17.5. The van der Waals surface area contributed by atoms with E-state index in [0.29, 0.717) is 18.2 Å². The van der Waals surface area contributed by atoms with Crippen LogP contribution in [-0.2, 0) is 22.5 Å². The zero-order valence-electron chi connectivity index (χ0n) is 10.2. The van der Waals surface area contributed by atoms with Gasteiger partial charge in [0.1, 0.15) is 17.6 Å². The number of ether oxygens (including phenoxy) is 1. The van der Waals surface area contributed by atoms with Crippen LogP contribution < -0.4 is 0 Å². The van der Waals surface area contributed by atoms with Gasteiger partial charge in [-0.2, -0.15) is 0 Å². The summed E-state index contributed by atoms with van der Waals surface area (Å²) in [4.78, 5) is 11.2. The van der Waals surface area contributed by atoms with Crippen LogP contribution in [0.15, 0.2) is 0 Å². The van der Waals surface area contributed by atoms with Crippen LogP contribution in [0.4, 0.5) is 0 Å². The summed E-state index contributed by atoms with van der Waals surface area (Å²) in [5.41, 5.74) is 0. The van der Waals surface area contributed by atoms with Gasteiger partial charge in [0, 0.05) is 26.2 Å². The first-order valence-corrected chi connectivity index (χ1v) is 6.48. The summed E-state index contributed by atoms with van der Waals surface area (Å²) in [6, 6.07) is 0. The third-order valence-electron chi connectivity index (χ3n) is 3.84. The molecule has 2 aliphatic rings. The maximum atomic E-state index is 11.2. The first-order chi connectivity index (χ1) is 8.75. The third kappa shape index (κ3) is 2.01. The molecule has 1 N–H and O–H groups in total. The number of nitrogens with zero attached hydrogens (tertiary/aromatic N) is 3. The average Bonchev–Trinajstić information content (AvgIpc) is 2.99. The molecule has 2 unspecified atom stereocenters. The fourth-order valence-electron chi connectivity index (χ4n) is 2.82. The molecule has 0 radical (unpaired) electrons. The lowest BCUT2D eigenvalue weighted by Gasteiger charge is -2.21. The van der Waals surface area contributed by atoms with Gasteiger partial charge in [-0.1, -0.05) is 0 Å². The standard InChI is InChI=1S/C12H17N3O3/c16-12(17)9-2-1-4-15-10(13-14-11(9)15)6-8-3-5-18-7-8/h8-9H,1-7H2,(H,16,17). The molecular formula is C12H17N3O3. The van der Waals surface area contributed by atoms with Crippen molar-refractivity contribution in [3.05, 3.63) is 11.6 Å². The van der Waals surface area contributed by atoms with E-state index in [-0.39, 0.29) is 0 Å². The third-order valence-corrected chi connectivity index (χ3v) is 3.84. The van der Waals surface area contributed by atoms with Crippen molar-refractivity contribution >= 4 is 5.97 Å². The number of hydrogen-bond acceptors (Lipinski definition) is 4. The van der Waals surface area contributed by atoms with Crippen LogP contribution in [0.3, 0.4) is 0 Å². The Kier molecular flexibility index (Phi) is 3.03. The van der Waals surface area contributed by atoms with Crippen molar-refractivity contribution in [2.45, 2.75) is 38.1 Å². The predicted molar refractivity (Wildman–Crippen MR) is 62.3 cm³/mol. The Morgan fingerprint density at radius 3 is 3.06 bits per heavy atom. The van der Waals surface area contributed by atoms with Crippen LogP contribution in [0.2, 0.25) is 0 Å². The number of rotatable bonds is 3. The summed E-state index contributed by atoms with van der Waals surface area (Å²) in [6.45, 7) is 2.45. The second kappa shape index (κ2) is 4.68. The lowest BCUT2D eigenvalue weighted by atomic mass is 9.98. The van der Waals surface area contributed by atoms with E-state index in [1.54, 1.807) is 0 Å². The van der Waals surface area contributed by atoms with Gasteiger partial charge in [0.2, 0.25) is 0 Å². The van der Waals surface area contributed by atoms with Gasteiger partial charge in [-0.25, -0.2) is 0 Å². The molecule has 2 atom stereocenters. The lowest BCUT2D eigenvalue weighted by Crippen LogP contribution is -2.24. The van der Waals surface area contributed by atoms with Crippen molar-refractivity contribution in [1.29, 1.82) is 0 Å². The van der Waals surface area contributed by atoms with Gasteiger partial charge in [-0.3, -0.25) is 4.79 Å².